The molecule has 0 N–H and O–H groups in total. The monoisotopic (exact) mass is 483 g/mol. The van der Waals surface area contributed by atoms with Crippen molar-refractivity contribution in [2.45, 2.75) is 13.0 Å². The maximum Gasteiger partial charge on any atom is 0.310 e. The molecule has 0 bridgehead atoms. The zero-order valence-electron chi connectivity index (χ0n) is 18.9. The third-order valence-electron chi connectivity index (χ3n) is 5.19. The minimum absolute atomic E-state index is 0.00256. The summed E-state index contributed by atoms with van der Waals surface area (Å²) in [5, 5.41) is 1.95. The Kier molecular flexibility index (Phi) is 7.54. The third-order valence-corrected chi connectivity index (χ3v) is 6.05. The van der Waals surface area contributed by atoms with Crippen molar-refractivity contribution in [3.05, 3.63) is 64.4 Å². The number of esters is 1. The first-order chi connectivity index (χ1) is 16.6. The molecule has 0 unspecified atom stereocenters. The van der Waals surface area contributed by atoms with E-state index in [0.29, 0.717) is 54.0 Å². The third kappa shape index (κ3) is 5.60. The molecule has 0 aliphatic carbocycles. The van der Waals surface area contributed by atoms with Gasteiger partial charge in [0.05, 0.1) is 27.2 Å². The molecule has 1 amide bonds. The van der Waals surface area contributed by atoms with Crippen molar-refractivity contribution in [2.75, 3.05) is 38.9 Å². The number of rotatable bonds is 9. The summed E-state index contributed by atoms with van der Waals surface area (Å²) in [5.74, 6) is 1.45. The van der Waals surface area contributed by atoms with Crippen LogP contribution in [0.15, 0.2) is 53.9 Å². The lowest BCUT2D eigenvalue weighted by atomic mass is 10.1. The summed E-state index contributed by atoms with van der Waals surface area (Å²) in [6.45, 7) is 0.901. The number of ether oxygens (including phenoxy) is 5. The fraction of sp³-hybridized carbons (Fsp3) is 0.280. The van der Waals surface area contributed by atoms with Gasteiger partial charge in [-0.25, -0.2) is 0 Å². The summed E-state index contributed by atoms with van der Waals surface area (Å²) in [6.07, 6.45) is 0.00256. The molecule has 1 aliphatic heterocycles. The van der Waals surface area contributed by atoms with Gasteiger partial charge in [-0.3, -0.25) is 9.59 Å². The topological polar surface area (TPSA) is 83.5 Å². The van der Waals surface area contributed by atoms with Gasteiger partial charge in [0.15, 0.2) is 29.6 Å². The molecule has 2 heterocycles. The maximum atomic E-state index is 13.1. The van der Waals surface area contributed by atoms with Crippen LogP contribution in [0.4, 0.5) is 5.69 Å². The molecule has 0 saturated heterocycles. The molecule has 2 aromatic carbocycles. The van der Waals surface area contributed by atoms with E-state index in [1.54, 1.807) is 59.7 Å². The largest absolute Gasteiger partial charge is 0.493 e. The van der Waals surface area contributed by atoms with Gasteiger partial charge >= 0.3 is 5.97 Å². The zero-order chi connectivity index (χ0) is 23.9. The lowest BCUT2D eigenvalue weighted by Crippen LogP contribution is -2.34. The minimum atomic E-state index is -0.515. The Balaban J connectivity index is 1.44. The molecule has 1 aliphatic rings. The van der Waals surface area contributed by atoms with Gasteiger partial charge in [0, 0.05) is 16.6 Å². The van der Waals surface area contributed by atoms with Gasteiger partial charge in [-0.2, -0.15) is 0 Å². The van der Waals surface area contributed by atoms with Crippen LogP contribution in [-0.2, 0) is 27.3 Å². The Bertz CT molecular complexity index is 1150. The maximum absolute atomic E-state index is 13.1. The van der Waals surface area contributed by atoms with Crippen molar-refractivity contribution in [2.24, 2.45) is 0 Å². The van der Waals surface area contributed by atoms with Crippen LogP contribution in [-0.4, -0.2) is 45.9 Å². The minimum Gasteiger partial charge on any atom is -0.493 e. The number of hydrogen-bond donors (Lipinski definition) is 0. The second kappa shape index (κ2) is 10.9. The first-order valence-electron chi connectivity index (χ1n) is 10.7. The fourth-order valence-corrected chi connectivity index (χ4v) is 4.20. The highest BCUT2D eigenvalue weighted by Crippen LogP contribution is 2.35. The van der Waals surface area contributed by atoms with Crippen LogP contribution in [0.25, 0.3) is 0 Å². The van der Waals surface area contributed by atoms with Crippen LogP contribution in [0.2, 0.25) is 0 Å². The fourth-order valence-electron chi connectivity index (χ4n) is 3.51. The number of hydrogen-bond acceptors (Lipinski definition) is 8. The van der Waals surface area contributed by atoms with Crippen LogP contribution in [0, 0.1) is 0 Å². The second-order valence-electron chi connectivity index (χ2n) is 7.41. The molecule has 0 radical (unpaired) electrons. The smallest absolute Gasteiger partial charge is 0.310 e. The van der Waals surface area contributed by atoms with E-state index in [0.717, 1.165) is 4.88 Å². The molecule has 8 nitrogen and oxygen atoms in total. The van der Waals surface area contributed by atoms with Crippen LogP contribution in [0.3, 0.4) is 0 Å². The first kappa shape index (κ1) is 23.4. The van der Waals surface area contributed by atoms with Crippen LogP contribution in [0.1, 0.15) is 10.4 Å². The summed E-state index contributed by atoms with van der Waals surface area (Å²) >= 11 is 1.55. The summed E-state index contributed by atoms with van der Waals surface area (Å²) in [6, 6.07) is 14.4. The second-order valence-corrected chi connectivity index (χ2v) is 8.45. The number of carbonyl (C=O) groups excluding carboxylic acids is 2. The van der Waals surface area contributed by atoms with Crippen LogP contribution >= 0.6 is 11.3 Å². The molecular formula is C25H25NO7S. The number of fused-ring (bicyclic) bond motifs is 1. The molecule has 1 aromatic heterocycles. The summed E-state index contributed by atoms with van der Waals surface area (Å²) < 4.78 is 27.0. The highest BCUT2D eigenvalue weighted by atomic mass is 32.1. The Hall–Kier alpha value is -3.72. The number of methoxy groups -OCH3 is 2. The molecule has 178 valence electrons. The Morgan fingerprint density at radius 3 is 2.50 bits per heavy atom. The highest BCUT2D eigenvalue weighted by Gasteiger charge is 2.22. The average molecular weight is 484 g/mol. The van der Waals surface area contributed by atoms with E-state index in [2.05, 4.69) is 0 Å². The van der Waals surface area contributed by atoms with Crippen molar-refractivity contribution < 1.29 is 33.3 Å². The number of benzene rings is 2. The Morgan fingerprint density at radius 1 is 0.971 bits per heavy atom. The molecule has 0 atom stereocenters. The standard InChI is InChI=1S/C25H25NO7S/c1-29-20-7-5-17(12-22(20)30-2)13-25(28)33-16-24(27)26(15-19-4-3-11-34-19)18-6-8-21-23(14-18)32-10-9-31-21/h3-8,11-12,14H,9-10,13,15-16H2,1-2H3. The van der Waals surface area contributed by atoms with Crippen molar-refractivity contribution in [1.82, 2.24) is 0 Å². The van der Waals surface area contributed by atoms with Gasteiger partial charge in [0.2, 0.25) is 0 Å². The van der Waals surface area contributed by atoms with E-state index in [1.807, 2.05) is 17.5 Å². The first-order valence-corrected chi connectivity index (χ1v) is 11.5. The van der Waals surface area contributed by atoms with Gasteiger partial charge in [-0.15, -0.1) is 11.3 Å². The summed E-state index contributed by atoms with van der Waals surface area (Å²) in [4.78, 5) is 28.1. The molecule has 0 fully saturated rings. The number of anilines is 1. The number of thiophene rings is 1. The lowest BCUT2D eigenvalue weighted by molar-refractivity contribution is -0.147. The highest BCUT2D eigenvalue weighted by molar-refractivity contribution is 7.09. The predicted molar refractivity (Wildman–Crippen MR) is 127 cm³/mol. The predicted octanol–water partition coefficient (Wildman–Crippen LogP) is 3.86. The quantitative estimate of drug-likeness (QED) is 0.428. The Morgan fingerprint density at radius 2 is 1.76 bits per heavy atom. The van der Waals surface area contributed by atoms with E-state index in [1.165, 1.54) is 7.11 Å². The van der Waals surface area contributed by atoms with E-state index in [9.17, 15) is 9.59 Å². The zero-order valence-corrected chi connectivity index (χ0v) is 19.8. The summed E-state index contributed by atoms with van der Waals surface area (Å²) in [7, 11) is 3.07. The molecule has 4 rings (SSSR count). The van der Waals surface area contributed by atoms with Crippen molar-refractivity contribution in [1.29, 1.82) is 0 Å². The molecular weight excluding hydrogens is 458 g/mol. The molecule has 9 heteroatoms. The average Bonchev–Trinajstić information content (AvgIpc) is 3.39. The summed E-state index contributed by atoms with van der Waals surface area (Å²) in [5.41, 5.74) is 1.33. The van der Waals surface area contributed by atoms with E-state index < -0.39 is 5.97 Å². The number of carbonyl (C=O) groups is 2. The van der Waals surface area contributed by atoms with Gasteiger partial charge in [-0.05, 0) is 41.3 Å². The van der Waals surface area contributed by atoms with Crippen molar-refractivity contribution >= 4 is 28.9 Å². The molecule has 3 aromatic rings. The van der Waals surface area contributed by atoms with Gasteiger partial charge in [0.25, 0.3) is 5.91 Å². The molecule has 0 spiro atoms. The van der Waals surface area contributed by atoms with E-state index in [4.69, 9.17) is 23.7 Å². The van der Waals surface area contributed by atoms with Crippen LogP contribution < -0.4 is 23.8 Å². The van der Waals surface area contributed by atoms with E-state index in [-0.39, 0.29) is 18.9 Å². The lowest BCUT2D eigenvalue weighted by Gasteiger charge is -2.25. The molecule has 0 saturated carbocycles. The normalized spacial score (nSPS) is 12.1. The number of nitrogens with zero attached hydrogens (tertiary/aromatic N) is 1. The number of amides is 1. The molecule has 34 heavy (non-hydrogen) atoms. The van der Waals surface area contributed by atoms with E-state index >= 15 is 0 Å². The van der Waals surface area contributed by atoms with Gasteiger partial charge in [0.1, 0.15) is 13.2 Å². The Labute approximate surface area is 201 Å². The van der Waals surface area contributed by atoms with Crippen LogP contribution in [0.5, 0.6) is 23.0 Å². The van der Waals surface area contributed by atoms with Crippen molar-refractivity contribution in [3.8, 4) is 23.0 Å². The van der Waals surface area contributed by atoms with Gasteiger partial charge < -0.3 is 28.6 Å². The van der Waals surface area contributed by atoms with Crippen molar-refractivity contribution in [3.63, 3.8) is 0 Å². The van der Waals surface area contributed by atoms with Gasteiger partial charge in [-0.1, -0.05) is 12.1 Å². The SMILES string of the molecule is COc1ccc(CC(=O)OCC(=O)N(Cc2cccs2)c2ccc3c(c2)OCCO3)cc1OC.